The molecule has 2 aromatic carbocycles. The van der Waals surface area contributed by atoms with E-state index in [4.69, 9.17) is 9.47 Å². The molecule has 1 N–H and O–H groups in total. The maximum Gasteiger partial charge on any atom is 0.338 e. The molecule has 0 saturated carbocycles. The van der Waals surface area contributed by atoms with Crippen LogP contribution in [-0.4, -0.2) is 43.5 Å². The summed E-state index contributed by atoms with van der Waals surface area (Å²) < 4.78 is 10.2. The SMILES string of the molecule is CCCOC(=O)c1ccc(NC(=O)COC(=O)[C@@H]2CC(=O)N(c3c(C)cccc3C)C2)cc1. The number of nitrogens with one attached hydrogen (secondary N) is 1. The first-order valence-corrected chi connectivity index (χ1v) is 10.9. The van der Waals surface area contributed by atoms with Crippen molar-refractivity contribution in [2.45, 2.75) is 33.6 Å². The van der Waals surface area contributed by atoms with E-state index in [9.17, 15) is 19.2 Å². The zero-order chi connectivity index (χ0) is 24.0. The molecule has 8 heteroatoms. The molecule has 174 valence electrons. The van der Waals surface area contributed by atoms with Gasteiger partial charge < -0.3 is 19.7 Å². The van der Waals surface area contributed by atoms with Crippen molar-refractivity contribution in [1.82, 2.24) is 0 Å². The van der Waals surface area contributed by atoms with E-state index in [1.807, 2.05) is 39.0 Å². The fourth-order valence-electron chi connectivity index (χ4n) is 3.73. The molecule has 1 fully saturated rings. The number of carbonyl (C=O) groups excluding carboxylic acids is 4. The number of hydrogen-bond acceptors (Lipinski definition) is 6. The zero-order valence-electron chi connectivity index (χ0n) is 19.1. The van der Waals surface area contributed by atoms with Gasteiger partial charge in [0.05, 0.1) is 18.1 Å². The number of benzene rings is 2. The number of anilines is 2. The number of para-hydroxylation sites is 1. The van der Waals surface area contributed by atoms with Crippen molar-refractivity contribution < 1.29 is 28.7 Å². The van der Waals surface area contributed by atoms with Gasteiger partial charge in [-0.05, 0) is 55.7 Å². The van der Waals surface area contributed by atoms with E-state index in [2.05, 4.69) is 5.32 Å². The van der Waals surface area contributed by atoms with Gasteiger partial charge in [0.1, 0.15) is 0 Å². The number of nitrogens with zero attached hydrogens (tertiary/aromatic N) is 1. The lowest BCUT2D eigenvalue weighted by molar-refractivity contribution is -0.151. The maximum absolute atomic E-state index is 12.5. The third-order valence-corrected chi connectivity index (χ3v) is 5.35. The highest BCUT2D eigenvalue weighted by Gasteiger charge is 2.37. The van der Waals surface area contributed by atoms with Gasteiger partial charge in [-0.1, -0.05) is 25.1 Å². The summed E-state index contributed by atoms with van der Waals surface area (Å²) in [5, 5.41) is 2.61. The average molecular weight is 453 g/mol. The number of amides is 2. The molecule has 0 aliphatic carbocycles. The molecule has 2 amide bonds. The Hall–Kier alpha value is -3.68. The summed E-state index contributed by atoms with van der Waals surface area (Å²) in [7, 11) is 0. The molecule has 1 saturated heterocycles. The highest BCUT2D eigenvalue weighted by molar-refractivity contribution is 6.01. The lowest BCUT2D eigenvalue weighted by Crippen LogP contribution is -2.29. The minimum absolute atomic E-state index is 0.0455. The second-order valence-electron chi connectivity index (χ2n) is 8.01. The van der Waals surface area contributed by atoms with Crippen LogP contribution >= 0.6 is 0 Å². The van der Waals surface area contributed by atoms with E-state index in [1.165, 1.54) is 0 Å². The average Bonchev–Trinajstić information content (AvgIpc) is 3.17. The van der Waals surface area contributed by atoms with Crippen LogP contribution in [-0.2, 0) is 23.9 Å². The zero-order valence-corrected chi connectivity index (χ0v) is 19.1. The van der Waals surface area contributed by atoms with Gasteiger partial charge in [-0.25, -0.2) is 4.79 Å². The minimum Gasteiger partial charge on any atom is -0.462 e. The van der Waals surface area contributed by atoms with Crippen LogP contribution in [0.3, 0.4) is 0 Å². The van der Waals surface area contributed by atoms with E-state index in [0.29, 0.717) is 17.9 Å². The van der Waals surface area contributed by atoms with Crippen molar-refractivity contribution >= 4 is 35.1 Å². The first-order chi connectivity index (χ1) is 15.8. The van der Waals surface area contributed by atoms with Crippen molar-refractivity contribution in [2.75, 3.05) is 30.0 Å². The lowest BCUT2D eigenvalue weighted by Gasteiger charge is -2.21. The second kappa shape index (κ2) is 10.8. The van der Waals surface area contributed by atoms with Crippen LogP contribution in [0, 0.1) is 19.8 Å². The highest BCUT2D eigenvalue weighted by Crippen LogP contribution is 2.31. The minimum atomic E-state index is -0.627. The molecular weight excluding hydrogens is 424 g/mol. The van der Waals surface area contributed by atoms with Gasteiger partial charge in [0.2, 0.25) is 5.91 Å². The van der Waals surface area contributed by atoms with Gasteiger partial charge in [0.25, 0.3) is 5.91 Å². The van der Waals surface area contributed by atoms with Crippen molar-refractivity contribution in [1.29, 1.82) is 0 Å². The van der Waals surface area contributed by atoms with Gasteiger partial charge in [-0.15, -0.1) is 0 Å². The second-order valence-corrected chi connectivity index (χ2v) is 8.01. The monoisotopic (exact) mass is 452 g/mol. The molecule has 0 radical (unpaired) electrons. The third kappa shape index (κ3) is 5.97. The Morgan fingerprint density at radius 1 is 1.03 bits per heavy atom. The van der Waals surface area contributed by atoms with E-state index in [1.54, 1.807) is 29.2 Å². The Balaban J connectivity index is 1.50. The van der Waals surface area contributed by atoms with Gasteiger partial charge in [0, 0.05) is 24.3 Å². The maximum atomic E-state index is 12.5. The van der Waals surface area contributed by atoms with Gasteiger partial charge >= 0.3 is 11.9 Å². The van der Waals surface area contributed by atoms with E-state index < -0.39 is 30.4 Å². The first kappa shape index (κ1) is 24.0. The molecule has 3 rings (SSSR count). The summed E-state index contributed by atoms with van der Waals surface area (Å²) in [5.41, 5.74) is 3.58. The normalized spacial score (nSPS) is 15.3. The Bertz CT molecular complexity index is 1030. The van der Waals surface area contributed by atoms with Crippen molar-refractivity contribution in [3.8, 4) is 0 Å². The van der Waals surface area contributed by atoms with Gasteiger partial charge in [-0.3, -0.25) is 14.4 Å². The molecule has 1 aliphatic heterocycles. The predicted molar refractivity (Wildman–Crippen MR) is 123 cm³/mol. The van der Waals surface area contributed by atoms with E-state index >= 15 is 0 Å². The number of aryl methyl sites for hydroxylation is 2. The number of esters is 2. The summed E-state index contributed by atoms with van der Waals surface area (Å²) in [6.07, 6.45) is 0.779. The molecule has 1 aliphatic rings. The molecule has 1 heterocycles. The summed E-state index contributed by atoms with van der Waals surface area (Å²) in [6.45, 7) is 5.86. The molecular formula is C25H28N2O6. The molecule has 0 spiro atoms. The van der Waals surface area contributed by atoms with Crippen LogP contribution < -0.4 is 10.2 Å². The highest BCUT2D eigenvalue weighted by atomic mass is 16.5. The van der Waals surface area contributed by atoms with Crippen molar-refractivity contribution in [3.63, 3.8) is 0 Å². The first-order valence-electron chi connectivity index (χ1n) is 10.9. The fraction of sp³-hybridized carbons (Fsp3) is 0.360. The topological polar surface area (TPSA) is 102 Å². The van der Waals surface area contributed by atoms with Crippen LogP contribution in [0.5, 0.6) is 0 Å². The van der Waals surface area contributed by atoms with Crippen LogP contribution in [0.2, 0.25) is 0 Å². The lowest BCUT2D eigenvalue weighted by atomic mass is 10.1. The number of carbonyl (C=O) groups is 4. The Morgan fingerprint density at radius 2 is 1.70 bits per heavy atom. The Kier molecular flexibility index (Phi) is 7.82. The summed E-state index contributed by atoms with van der Waals surface area (Å²) in [6, 6.07) is 12.0. The predicted octanol–water partition coefficient (Wildman–Crippen LogP) is 3.41. The molecule has 2 aromatic rings. The number of ether oxygens (including phenoxy) is 2. The molecule has 33 heavy (non-hydrogen) atoms. The fourth-order valence-corrected chi connectivity index (χ4v) is 3.73. The van der Waals surface area contributed by atoms with E-state index in [0.717, 1.165) is 23.2 Å². The smallest absolute Gasteiger partial charge is 0.338 e. The largest absolute Gasteiger partial charge is 0.462 e. The van der Waals surface area contributed by atoms with Crippen LogP contribution in [0.25, 0.3) is 0 Å². The van der Waals surface area contributed by atoms with Crippen LogP contribution in [0.1, 0.15) is 41.3 Å². The van der Waals surface area contributed by atoms with Crippen molar-refractivity contribution in [2.24, 2.45) is 5.92 Å². The molecule has 1 atom stereocenters. The Labute approximate surface area is 192 Å². The van der Waals surface area contributed by atoms with E-state index in [-0.39, 0.29) is 18.9 Å². The van der Waals surface area contributed by atoms with Gasteiger partial charge in [0.15, 0.2) is 6.61 Å². The third-order valence-electron chi connectivity index (χ3n) is 5.35. The van der Waals surface area contributed by atoms with Gasteiger partial charge in [-0.2, -0.15) is 0 Å². The van der Waals surface area contributed by atoms with Crippen molar-refractivity contribution in [3.05, 3.63) is 59.2 Å². The standard InChI is InChI=1S/C25H28N2O6/c1-4-12-32-24(30)18-8-10-20(11-9-18)26-21(28)15-33-25(31)19-13-22(29)27(14-19)23-16(2)6-5-7-17(23)3/h5-11,19H,4,12-15H2,1-3H3,(H,26,28)/t19-/m1/s1. The molecule has 8 nitrogen and oxygen atoms in total. The summed E-state index contributed by atoms with van der Waals surface area (Å²) >= 11 is 0. The van der Waals surface area contributed by atoms with Crippen LogP contribution in [0.15, 0.2) is 42.5 Å². The number of hydrogen-bond donors (Lipinski definition) is 1. The Morgan fingerprint density at radius 3 is 2.33 bits per heavy atom. The quantitative estimate of drug-likeness (QED) is 0.616. The van der Waals surface area contributed by atoms with Crippen LogP contribution in [0.4, 0.5) is 11.4 Å². The summed E-state index contributed by atoms with van der Waals surface area (Å²) in [5.74, 6) is -2.29. The number of rotatable bonds is 8. The molecule has 0 aromatic heterocycles. The summed E-state index contributed by atoms with van der Waals surface area (Å²) in [4.78, 5) is 50.6. The molecule has 0 unspecified atom stereocenters. The molecule has 0 bridgehead atoms.